The predicted molar refractivity (Wildman–Crippen MR) is 101 cm³/mol. The van der Waals surface area contributed by atoms with Crippen molar-refractivity contribution >= 4 is 11.8 Å². The van der Waals surface area contributed by atoms with Crippen LogP contribution in [0, 0.1) is 28.1 Å². The van der Waals surface area contributed by atoms with E-state index in [1.807, 2.05) is 26.0 Å². The summed E-state index contributed by atoms with van der Waals surface area (Å²) in [6, 6.07) is 12.4. The highest BCUT2D eigenvalue weighted by Gasteiger charge is 2.68. The Morgan fingerprint density at radius 2 is 1.72 bits per heavy atom. The SMILES string of the molecule is CC1(C)C2CCC1(C(=O)NNC(=O)c1ccccc1)c1nc(C#N)c(C#N)nc12. The number of carbonyl (C=O) groups is 2. The number of carbonyl (C=O) groups excluding carboxylic acids is 2. The fourth-order valence-electron chi connectivity index (χ4n) is 4.80. The number of aromatic nitrogens is 2. The Kier molecular flexibility index (Phi) is 4.09. The second-order valence-electron chi connectivity index (χ2n) is 7.87. The van der Waals surface area contributed by atoms with Gasteiger partial charge in [-0.1, -0.05) is 32.0 Å². The van der Waals surface area contributed by atoms with Crippen LogP contribution >= 0.6 is 0 Å². The number of nitrogens with zero attached hydrogens (tertiary/aromatic N) is 4. The van der Waals surface area contributed by atoms with Gasteiger partial charge < -0.3 is 0 Å². The van der Waals surface area contributed by atoms with Crippen molar-refractivity contribution in [3.05, 3.63) is 58.7 Å². The standard InChI is InChI=1S/C21H18N6O2/c1-20(2)13-8-9-21(20,17-16(13)24-14(10-22)15(11-23)25-17)19(29)27-26-18(28)12-6-4-3-5-7-12/h3-7,13H,8-9H2,1-2H3,(H,26,28)(H,27,29). The molecule has 0 saturated heterocycles. The van der Waals surface area contributed by atoms with Gasteiger partial charge in [-0.05, 0) is 30.4 Å². The molecule has 1 aromatic heterocycles. The summed E-state index contributed by atoms with van der Waals surface area (Å²) in [5.74, 6) is -0.874. The third-order valence-corrected chi connectivity index (χ3v) is 6.36. The van der Waals surface area contributed by atoms with Crippen molar-refractivity contribution in [2.24, 2.45) is 5.41 Å². The molecule has 1 aromatic carbocycles. The first-order valence-corrected chi connectivity index (χ1v) is 9.25. The Balaban J connectivity index is 1.70. The molecule has 144 valence electrons. The third-order valence-electron chi connectivity index (χ3n) is 6.36. The molecule has 2 atom stereocenters. The zero-order chi connectivity index (χ0) is 20.8. The molecular formula is C21H18N6O2. The predicted octanol–water partition coefficient (Wildman–Crippen LogP) is 1.84. The van der Waals surface area contributed by atoms with Crippen LogP contribution < -0.4 is 10.9 Å². The maximum absolute atomic E-state index is 13.4. The summed E-state index contributed by atoms with van der Waals surface area (Å²) in [6.45, 7) is 3.93. The van der Waals surface area contributed by atoms with Gasteiger partial charge >= 0.3 is 0 Å². The second-order valence-corrected chi connectivity index (χ2v) is 7.87. The molecule has 2 aromatic rings. The monoisotopic (exact) mass is 386 g/mol. The van der Waals surface area contributed by atoms with Gasteiger partial charge in [-0.2, -0.15) is 10.5 Å². The van der Waals surface area contributed by atoms with Gasteiger partial charge in [-0.3, -0.25) is 20.4 Å². The lowest BCUT2D eigenvalue weighted by Crippen LogP contribution is -2.55. The fraction of sp³-hybridized carbons (Fsp3) is 0.333. The lowest BCUT2D eigenvalue weighted by Gasteiger charge is -2.36. The molecule has 0 radical (unpaired) electrons. The smallest absolute Gasteiger partial charge is 0.269 e. The highest BCUT2D eigenvalue weighted by atomic mass is 16.2. The molecule has 2 aliphatic carbocycles. The van der Waals surface area contributed by atoms with Crippen LogP contribution in [0.1, 0.15) is 65.7 Å². The number of hydrogen-bond acceptors (Lipinski definition) is 6. The number of benzene rings is 1. The van der Waals surface area contributed by atoms with E-state index in [0.717, 1.165) is 0 Å². The molecule has 0 spiro atoms. The molecule has 8 nitrogen and oxygen atoms in total. The molecule has 4 rings (SSSR count). The lowest BCUT2D eigenvalue weighted by molar-refractivity contribution is -0.130. The Morgan fingerprint density at radius 1 is 1.07 bits per heavy atom. The summed E-state index contributed by atoms with van der Waals surface area (Å²) in [5, 5.41) is 18.6. The minimum absolute atomic E-state index is 0.0254. The molecule has 2 bridgehead atoms. The molecule has 1 fully saturated rings. The molecular weight excluding hydrogens is 368 g/mol. The summed E-state index contributed by atoms with van der Waals surface area (Å²) < 4.78 is 0. The largest absolute Gasteiger partial charge is 0.272 e. The summed E-state index contributed by atoms with van der Waals surface area (Å²) in [7, 11) is 0. The first-order chi connectivity index (χ1) is 13.9. The number of nitrogens with one attached hydrogen (secondary N) is 2. The molecule has 29 heavy (non-hydrogen) atoms. The third kappa shape index (κ3) is 2.43. The zero-order valence-electron chi connectivity index (χ0n) is 16.0. The van der Waals surface area contributed by atoms with Gasteiger partial charge in [0.1, 0.15) is 17.6 Å². The molecule has 0 aliphatic heterocycles. The summed E-state index contributed by atoms with van der Waals surface area (Å²) in [4.78, 5) is 34.4. The van der Waals surface area contributed by atoms with Gasteiger partial charge in [0.05, 0.1) is 11.4 Å². The summed E-state index contributed by atoms with van der Waals surface area (Å²) >= 11 is 0. The Bertz CT molecular complexity index is 1110. The number of hydrogen-bond donors (Lipinski definition) is 2. The van der Waals surface area contributed by atoms with Crippen molar-refractivity contribution in [2.45, 2.75) is 38.0 Å². The molecule has 2 amide bonds. The second kappa shape index (κ2) is 6.39. The van der Waals surface area contributed by atoms with Crippen LogP contribution in [-0.4, -0.2) is 21.8 Å². The summed E-state index contributed by atoms with van der Waals surface area (Å²) in [6.07, 6.45) is 1.24. The maximum Gasteiger partial charge on any atom is 0.269 e. The Labute approximate surface area is 167 Å². The van der Waals surface area contributed by atoms with E-state index in [9.17, 15) is 20.1 Å². The number of amides is 2. The average Bonchev–Trinajstić information content (AvgIpc) is 3.12. The van der Waals surface area contributed by atoms with Crippen molar-refractivity contribution < 1.29 is 9.59 Å². The fourth-order valence-corrected chi connectivity index (χ4v) is 4.80. The van der Waals surface area contributed by atoms with Crippen molar-refractivity contribution in [1.82, 2.24) is 20.8 Å². The Morgan fingerprint density at radius 3 is 2.38 bits per heavy atom. The molecule has 1 saturated carbocycles. The number of rotatable bonds is 2. The number of nitriles is 2. The van der Waals surface area contributed by atoms with Gasteiger partial charge in [0, 0.05) is 11.5 Å². The number of hydrazine groups is 1. The highest BCUT2D eigenvalue weighted by Crippen LogP contribution is 2.66. The van der Waals surface area contributed by atoms with Crippen LogP contribution in [0.3, 0.4) is 0 Å². The lowest BCUT2D eigenvalue weighted by atomic mass is 9.68. The van der Waals surface area contributed by atoms with Crippen LogP contribution in [0.5, 0.6) is 0 Å². The normalized spacial score (nSPS) is 22.8. The minimum Gasteiger partial charge on any atom is -0.272 e. The zero-order valence-corrected chi connectivity index (χ0v) is 16.0. The van der Waals surface area contributed by atoms with E-state index >= 15 is 0 Å². The van der Waals surface area contributed by atoms with E-state index in [4.69, 9.17) is 0 Å². The van der Waals surface area contributed by atoms with Gasteiger partial charge in [-0.15, -0.1) is 0 Å². The molecule has 1 heterocycles. The van der Waals surface area contributed by atoms with E-state index in [1.165, 1.54) is 0 Å². The Hall–Kier alpha value is -3.78. The van der Waals surface area contributed by atoms with Crippen LogP contribution in [0.15, 0.2) is 30.3 Å². The van der Waals surface area contributed by atoms with Crippen molar-refractivity contribution in [3.63, 3.8) is 0 Å². The summed E-state index contributed by atoms with van der Waals surface area (Å²) in [5.41, 5.74) is 4.79. The maximum atomic E-state index is 13.4. The van der Waals surface area contributed by atoms with Crippen molar-refractivity contribution in [2.75, 3.05) is 0 Å². The molecule has 2 unspecified atom stereocenters. The van der Waals surface area contributed by atoms with E-state index < -0.39 is 22.6 Å². The van der Waals surface area contributed by atoms with Gasteiger partial charge in [0.25, 0.3) is 11.8 Å². The van der Waals surface area contributed by atoms with E-state index in [2.05, 4.69) is 20.8 Å². The average molecular weight is 386 g/mol. The van der Waals surface area contributed by atoms with Crippen molar-refractivity contribution in [3.8, 4) is 12.1 Å². The quantitative estimate of drug-likeness (QED) is 0.757. The molecule has 8 heteroatoms. The molecule has 2 N–H and O–H groups in total. The highest BCUT2D eigenvalue weighted by molar-refractivity contribution is 5.97. The molecule has 2 aliphatic rings. The van der Waals surface area contributed by atoms with Crippen molar-refractivity contribution in [1.29, 1.82) is 10.5 Å². The van der Waals surface area contributed by atoms with Crippen LogP contribution in [0.2, 0.25) is 0 Å². The van der Waals surface area contributed by atoms with Crippen LogP contribution in [0.4, 0.5) is 0 Å². The van der Waals surface area contributed by atoms with Gasteiger partial charge in [-0.25, -0.2) is 9.97 Å². The van der Waals surface area contributed by atoms with Crippen LogP contribution in [0.25, 0.3) is 0 Å². The first kappa shape index (κ1) is 18.6. The topological polar surface area (TPSA) is 132 Å². The van der Waals surface area contributed by atoms with Gasteiger partial charge in [0.2, 0.25) is 0 Å². The number of fused-ring (bicyclic) bond motifs is 5. The van der Waals surface area contributed by atoms with E-state index in [-0.39, 0.29) is 17.3 Å². The van der Waals surface area contributed by atoms with Gasteiger partial charge in [0.15, 0.2) is 11.4 Å². The van der Waals surface area contributed by atoms with Crippen LogP contribution in [-0.2, 0) is 10.2 Å². The first-order valence-electron chi connectivity index (χ1n) is 9.25. The minimum atomic E-state index is -1.04. The van der Waals surface area contributed by atoms with E-state index in [0.29, 0.717) is 29.8 Å². The van der Waals surface area contributed by atoms with E-state index in [1.54, 1.807) is 30.3 Å².